The number of fused-ring (bicyclic) bond motifs is 1. The lowest BCUT2D eigenvalue weighted by molar-refractivity contribution is 0.0980. The van der Waals surface area contributed by atoms with Gasteiger partial charge in [0, 0.05) is 6.20 Å². The van der Waals surface area contributed by atoms with Gasteiger partial charge in [0.1, 0.15) is 5.69 Å². The average Bonchev–Trinajstić information content (AvgIpc) is 3.15. The van der Waals surface area contributed by atoms with Crippen LogP contribution in [-0.2, 0) is 6.54 Å². The van der Waals surface area contributed by atoms with Gasteiger partial charge in [-0.25, -0.2) is 9.97 Å². The van der Waals surface area contributed by atoms with Crippen LogP contribution in [0, 0.1) is 20.8 Å². The van der Waals surface area contributed by atoms with Crippen LogP contribution in [0.5, 0.6) is 0 Å². The number of hydrogen-bond acceptors (Lipinski definition) is 5. The molecule has 1 amide bonds. The summed E-state index contributed by atoms with van der Waals surface area (Å²) >= 11 is 1.52. The van der Waals surface area contributed by atoms with Gasteiger partial charge in [-0.2, -0.15) is 0 Å². The van der Waals surface area contributed by atoms with Crippen molar-refractivity contribution in [3.63, 3.8) is 0 Å². The fourth-order valence-electron chi connectivity index (χ4n) is 2.96. The fraction of sp³-hybridized carbons (Fsp3) is 0.182. The first-order valence-corrected chi connectivity index (χ1v) is 9.86. The van der Waals surface area contributed by atoms with E-state index in [-0.39, 0.29) is 5.91 Å². The first-order valence-electron chi connectivity index (χ1n) is 9.04. The number of aryl methyl sites for hydroxylation is 3. The number of carbonyl (C=O) groups is 1. The molecule has 0 aliphatic rings. The topological polar surface area (TPSA) is 59.0 Å². The molecule has 5 nitrogen and oxygen atoms in total. The summed E-state index contributed by atoms with van der Waals surface area (Å²) < 4.78 is 1.07. The number of amides is 1. The second kappa shape index (κ2) is 7.48. The molecule has 4 rings (SSSR count). The van der Waals surface area contributed by atoms with Gasteiger partial charge in [-0.3, -0.25) is 14.7 Å². The Hall–Kier alpha value is -3.12. The van der Waals surface area contributed by atoms with Gasteiger partial charge < -0.3 is 0 Å². The lowest BCUT2D eigenvalue weighted by Crippen LogP contribution is -2.31. The van der Waals surface area contributed by atoms with Gasteiger partial charge in [0.15, 0.2) is 5.13 Å². The molecule has 2 aromatic heterocycles. The minimum absolute atomic E-state index is 0.204. The SMILES string of the molecule is Cc1cnc(C(=O)N(Cc2ccccc2)c2nc3c(C)c(C)ccc3s2)cn1. The van der Waals surface area contributed by atoms with Crippen molar-refractivity contribution in [3.8, 4) is 0 Å². The third-order valence-electron chi connectivity index (χ3n) is 4.73. The number of aromatic nitrogens is 3. The first kappa shape index (κ1) is 18.3. The second-order valence-electron chi connectivity index (χ2n) is 6.77. The van der Waals surface area contributed by atoms with Crippen LogP contribution >= 0.6 is 11.3 Å². The number of thiazole rings is 1. The van der Waals surface area contributed by atoms with Crippen LogP contribution in [0.25, 0.3) is 10.2 Å². The highest BCUT2D eigenvalue weighted by Crippen LogP contribution is 2.33. The van der Waals surface area contributed by atoms with Gasteiger partial charge in [-0.15, -0.1) is 0 Å². The highest BCUT2D eigenvalue weighted by molar-refractivity contribution is 7.22. The average molecular weight is 388 g/mol. The van der Waals surface area contributed by atoms with Crippen molar-refractivity contribution in [2.75, 3.05) is 4.90 Å². The summed E-state index contributed by atoms with van der Waals surface area (Å²) in [6, 6.07) is 14.1. The molecular formula is C22H20N4OS. The molecule has 0 unspecified atom stereocenters. The van der Waals surface area contributed by atoms with Gasteiger partial charge in [0.05, 0.1) is 28.7 Å². The van der Waals surface area contributed by atoms with Gasteiger partial charge in [0.2, 0.25) is 0 Å². The smallest absolute Gasteiger partial charge is 0.278 e. The van der Waals surface area contributed by atoms with E-state index in [4.69, 9.17) is 4.98 Å². The molecule has 0 fully saturated rings. The Labute approximate surface area is 167 Å². The molecule has 0 saturated carbocycles. The minimum Gasteiger partial charge on any atom is -0.278 e. The van der Waals surface area contributed by atoms with Crippen LogP contribution in [0.2, 0.25) is 0 Å². The highest BCUT2D eigenvalue weighted by Gasteiger charge is 2.23. The summed E-state index contributed by atoms with van der Waals surface area (Å²) in [5.74, 6) is -0.204. The quantitative estimate of drug-likeness (QED) is 0.501. The summed E-state index contributed by atoms with van der Waals surface area (Å²) in [6.07, 6.45) is 3.14. The van der Waals surface area contributed by atoms with Crippen molar-refractivity contribution >= 4 is 32.6 Å². The predicted octanol–water partition coefficient (Wildman–Crippen LogP) is 4.86. The number of hydrogen-bond donors (Lipinski definition) is 0. The third-order valence-corrected chi connectivity index (χ3v) is 5.78. The maximum atomic E-state index is 13.3. The van der Waals surface area contributed by atoms with E-state index in [1.807, 2.05) is 37.3 Å². The molecule has 0 aliphatic carbocycles. The molecular weight excluding hydrogens is 368 g/mol. The van der Waals surface area contributed by atoms with Crippen LogP contribution in [0.15, 0.2) is 54.9 Å². The molecule has 0 N–H and O–H groups in total. The summed E-state index contributed by atoms with van der Waals surface area (Å²) in [7, 11) is 0. The minimum atomic E-state index is -0.204. The van der Waals surface area contributed by atoms with E-state index < -0.39 is 0 Å². The zero-order valence-electron chi connectivity index (χ0n) is 16.0. The molecule has 0 bridgehead atoms. The maximum Gasteiger partial charge on any atom is 0.280 e. The molecule has 0 radical (unpaired) electrons. The number of anilines is 1. The summed E-state index contributed by atoms with van der Waals surface area (Å²) in [5.41, 5.74) is 5.40. The van der Waals surface area contributed by atoms with E-state index in [9.17, 15) is 4.79 Å². The zero-order valence-corrected chi connectivity index (χ0v) is 16.8. The monoisotopic (exact) mass is 388 g/mol. The van der Waals surface area contributed by atoms with E-state index in [0.29, 0.717) is 17.4 Å². The molecule has 2 aromatic carbocycles. The van der Waals surface area contributed by atoms with Crippen LogP contribution in [-0.4, -0.2) is 20.9 Å². The van der Waals surface area contributed by atoms with Gasteiger partial charge >= 0.3 is 0 Å². The Balaban J connectivity index is 1.79. The largest absolute Gasteiger partial charge is 0.280 e. The number of nitrogens with zero attached hydrogens (tertiary/aromatic N) is 4. The van der Waals surface area contributed by atoms with E-state index in [1.165, 1.54) is 23.1 Å². The van der Waals surface area contributed by atoms with Crippen molar-refractivity contribution < 1.29 is 4.79 Å². The van der Waals surface area contributed by atoms with Crippen molar-refractivity contribution in [1.29, 1.82) is 0 Å². The predicted molar refractivity (Wildman–Crippen MR) is 113 cm³/mol. The van der Waals surface area contributed by atoms with E-state index >= 15 is 0 Å². The maximum absolute atomic E-state index is 13.3. The zero-order chi connectivity index (χ0) is 19.7. The van der Waals surface area contributed by atoms with Crippen molar-refractivity contribution in [2.45, 2.75) is 27.3 Å². The Morgan fingerprint density at radius 3 is 2.50 bits per heavy atom. The number of rotatable bonds is 4. The molecule has 28 heavy (non-hydrogen) atoms. The number of benzene rings is 2. The molecule has 0 spiro atoms. The van der Waals surface area contributed by atoms with Crippen LogP contribution in [0.4, 0.5) is 5.13 Å². The Morgan fingerprint density at radius 1 is 1.00 bits per heavy atom. The molecule has 2 heterocycles. The molecule has 4 aromatic rings. The molecule has 0 aliphatic heterocycles. The van der Waals surface area contributed by atoms with Crippen LogP contribution in [0.1, 0.15) is 32.9 Å². The third kappa shape index (κ3) is 3.51. The molecule has 140 valence electrons. The standard InChI is InChI=1S/C22H20N4OS/c1-14-9-10-19-20(16(14)3)25-22(28-19)26(13-17-7-5-4-6-8-17)21(27)18-12-23-15(2)11-24-18/h4-12H,13H2,1-3H3. The van der Waals surface area contributed by atoms with Crippen molar-refractivity contribution in [3.05, 3.63) is 82.9 Å². The molecule has 0 atom stereocenters. The molecule has 6 heteroatoms. The summed E-state index contributed by atoms with van der Waals surface area (Å²) in [4.78, 5) is 28.3. The molecule has 0 saturated heterocycles. The lowest BCUT2D eigenvalue weighted by Gasteiger charge is -2.19. The van der Waals surface area contributed by atoms with Gasteiger partial charge in [-0.05, 0) is 43.5 Å². The second-order valence-corrected chi connectivity index (χ2v) is 7.78. The number of carbonyl (C=O) groups excluding carboxylic acids is 1. The van der Waals surface area contributed by atoms with Crippen molar-refractivity contribution in [2.24, 2.45) is 0 Å². The van der Waals surface area contributed by atoms with Crippen LogP contribution < -0.4 is 4.90 Å². The highest BCUT2D eigenvalue weighted by atomic mass is 32.1. The Morgan fingerprint density at radius 2 is 1.79 bits per heavy atom. The summed E-state index contributed by atoms with van der Waals surface area (Å²) in [6.45, 7) is 6.41. The van der Waals surface area contributed by atoms with E-state index in [0.717, 1.165) is 27.0 Å². The summed E-state index contributed by atoms with van der Waals surface area (Å²) in [5, 5.41) is 0.667. The normalized spacial score (nSPS) is 11.0. The first-order chi connectivity index (χ1) is 13.5. The Kier molecular flexibility index (Phi) is 4.88. The Bertz CT molecular complexity index is 1140. The van der Waals surface area contributed by atoms with E-state index in [2.05, 4.69) is 35.9 Å². The fourth-order valence-corrected chi connectivity index (χ4v) is 3.99. The van der Waals surface area contributed by atoms with Gasteiger partial charge in [-0.1, -0.05) is 47.7 Å². The lowest BCUT2D eigenvalue weighted by atomic mass is 10.1. The van der Waals surface area contributed by atoms with Crippen LogP contribution in [0.3, 0.4) is 0 Å². The van der Waals surface area contributed by atoms with E-state index in [1.54, 1.807) is 11.1 Å². The van der Waals surface area contributed by atoms with Gasteiger partial charge in [0.25, 0.3) is 5.91 Å². The van der Waals surface area contributed by atoms with Crippen molar-refractivity contribution in [1.82, 2.24) is 15.0 Å².